The van der Waals surface area contributed by atoms with E-state index < -0.39 is 10.0 Å². The maximum absolute atomic E-state index is 13.5. The number of aryl methyl sites for hydroxylation is 1. The van der Waals surface area contributed by atoms with Crippen molar-refractivity contribution in [3.8, 4) is 11.5 Å². The third-order valence-electron chi connectivity index (χ3n) is 4.48. The molecular weight excluding hydrogens is 374 g/mol. The van der Waals surface area contributed by atoms with E-state index in [0.717, 1.165) is 11.1 Å². The van der Waals surface area contributed by atoms with Crippen molar-refractivity contribution in [3.05, 3.63) is 83.9 Å². The first-order valence-electron chi connectivity index (χ1n) is 8.81. The van der Waals surface area contributed by atoms with Gasteiger partial charge >= 0.3 is 0 Å². The molecule has 3 rings (SSSR count). The summed E-state index contributed by atoms with van der Waals surface area (Å²) in [5.74, 6) is 1.30. The van der Waals surface area contributed by atoms with Gasteiger partial charge in [0.1, 0.15) is 11.5 Å². The average molecular weight is 397 g/mol. The van der Waals surface area contributed by atoms with Crippen LogP contribution in [0.4, 0.5) is 5.69 Å². The van der Waals surface area contributed by atoms with E-state index in [0.29, 0.717) is 17.2 Å². The van der Waals surface area contributed by atoms with E-state index in [1.54, 1.807) is 62.8 Å². The molecule has 146 valence electrons. The van der Waals surface area contributed by atoms with Crippen molar-refractivity contribution in [2.24, 2.45) is 0 Å². The van der Waals surface area contributed by atoms with Crippen LogP contribution in [0.1, 0.15) is 11.1 Å². The van der Waals surface area contributed by atoms with Gasteiger partial charge in [-0.15, -0.1) is 0 Å². The van der Waals surface area contributed by atoms with Crippen LogP contribution in [0, 0.1) is 6.92 Å². The third-order valence-corrected chi connectivity index (χ3v) is 6.26. The van der Waals surface area contributed by atoms with E-state index >= 15 is 0 Å². The molecule has 0 aliphatic carbocycles. The topological polar surface area (TPSA) is 55.8 Å². The van der Waals surface area contributed by atoms with E-state index in [1.807, 2.05) is 31.2 Å². The van der Waals surface area contributed by atoms with Crippen LogP contribution < -0.4 is 13.8 Å². The van der Waals surface area contributed by atoms with Crippen LogP contribution in [0.5, 0.6) is 11.5 Å². The number of sulfonamides is 1. The van der Waals surface area contributed by atoms with Crippen LogP contribution >= 0.6 is 0 Å². The van der Waals surface area contributed by atoms with Gasteiger partial charge in [-0.3, -0.25) is 4.31 Å². The summed E-state index contributed by atoms with van der Waals surface area (Å²) in [5, 5.41) is 0. The highest BCUT2D eigenvalue weighted by atomic mass is 32.2. The fourth-order valence-electron chi connectivity index (χ4n) is 2.89. The highest BCUT2D eigenvalue weighted by Gasteiger charge is 2.26. The number of anilines is 1. The van der Waals surface area contributed by atoms with Crippen LogP contribution in [-0.4, -0.2) is 22.6 Å². The SMILES string of the molecule is COc1ccc(N(Cc2ccccc2OC)S(=O)(=O)c2ccc(C)cc2)cc1. The van der Waals surface area contributed by atoms with Gasteiger partial charge in [0.2, 0.25) is 0 Å². The predicted molar refractivity (Wildman–Crippen MR) is 111 cm³/mol. The zero-order chi connectivity index (χ0) is 20.1. The molecule has 0 amide bonds. The molecule has 0 saturated heterocycles. The minimum Gasteiger partial charge on any atom is -0.497 e. The van der Waals surface area contributed by atoms with Crippen LogP contribution in [0.2, 0.25) is 0 Å². The summed E-state index contributed by atoms with van der Waals surface area (Å²) in [6.07, 6.45) is 0. The Hall–Kier alpha value is -2.99. The van der Waals surface area contributed by atoms with Crippen molar-refractivity contribution in [1.82, 2.24) is 0 Å². The highest BCUT2D eigenvalue weighted by Crippen LogP contribution is 2.30. The van der Waals surface area contributed by atoms with E-state index in [4.69, 9.17) is 9.47 Å². The molecule has 0 N–H and O–H groups in total. The molecule has 3 aromatic rings. The maximum Gasteiger partial charge on any atom is 0.264 e. The van der Waals surface area contributed by atoms with Gasteiger partial charge in [0, 0.05) is 5.56 Å². The summed E-state index contributed by atoms with van der Waals surface area (Å²) in [4.78, 5) is 0.240. The fraction of sp³-hybridized carbons (Fsp3) is 0.182. The number of para-hydroxylation sites is 1. The Morgan fingerprint density at radius 3 is 2.07 bits per heavy atom. The molecule has 0 saturated carbocycles. The maximum atomic E-state index is 13.5. The molecule has 0 aliphatic rings. The Morgan fingerprint density at radius 2 is 1.46 bits per heavy atom. The minimum absolute atomic E-state index is 0.145. The van der Waals surface area contributed by atoms with Gasteiger partial charge in [-0.05, 0) is 49.4 Å². The highest BCUT2D eigenvalue weighted by molar-refractivity contribution is 7.92. The van der Waals surface area contributed by atoms with E-state index in [9.17, 15) is 8.42 Å². The molecule has 3 aromatic carbocycles. The summed E-state index contributed by atoms with van der Waals surface area (Å²) in [5.41, 5.74) is 2.32. The van der Waals surface area contributed by atoms with Crippen molar-refractivity contribution in [1.29, 1.82) is 0 Å². The van der Waals surface area contributed by atoms with Crippen LogP contribution in [0.15, 0.2) is 77.7 Å². The Kier molecular flexibility index (Phi) is 5.90. The second kappa shape index (κ2) is 8.35. The molecule has 0 fully saturated rings. The van der Waals surface area contributed by atoms with Gasteiger partial charge in [-0.2, -0.15) is 0 Å². The quantitative estimate of drug-likeness (QED) is 0.593. The molecule has 5 nitrogen and oxygen atoms in total. The monoisotopic (exact) mass is 397 g/mol. The molecule has 0 bridgehead atoms. The van der Waals surface area contributed by atoms with Gasteiger partial charge in [-0.1, -0.05) is 35.9 Å². The van der Waals surface area contributed by atoms with Crippen molar-refractivity contribution in [2.45, 2.75) is 18.4 Å². The first kappa shape index (κ1) is 19.8. The molecule has 6 heteroatoms. The van der Waals surface area contributed by atoms with E-state index in [-0.39, 0.29) is 11.4 Å². The van der Waals surface area contributed by atoms with E-state index in [2.05, 4.69) is 0 Å². The number of rotatable bonds is 7. The first-order chi connectivity index (χ1) is 13.5. The summed E-state index contributed by atoms with van der Waals surface area (Å²) in [6, 6.07) is 21.2. The molecule has 0 atom stereocenters. The molecule has 0 aromatic heterocycles. The second-order valence-electron chi connectivity index (χ2n) is 6.33. The number of ether oxygens (including phenoxy) is 2. The largest absolute Gasteiger partial charge is 0.497 e. The Labute approximate surface area is 166 Å². The van der Waals surface area contributed by atoms with Gasteiger partial charge in [0.05, 0.1) is 31.3 Å². The molecular formula is C22H23NO4S. The lowest BCUT2D eigenvalue weighted by molar-refractivity contribution is 0.410. The fourth-order valence-corrected chi connectivity index (χ4v) is 4.33. The van der Waals surface area contributed by atoms with Crippen molar-refractivity contribution in [2.75, 3.05) is 18.5 Å². The number of hydrogen-bond acceptors (Lipinski definition) is 4. The third kappa shape index (κ3) is 4.12. The average Bonchev–Trinajstić information content (AvgIpc) is 2.72. The van der Waals surface area contributed by atoms with Crippen LogP contribution in [0.25, 0.3) is 0 Å². The van der Waals surface area contributed by atoms with Crippen molar-refractivity contribution >= 4 is 15.7 Å². The predicted octanol–water partition coefficient (Wildman–Crippen LogP) is 4.41. The number of hydrogen-bond donors (Lipinski definition) is 0. The number of nitrogens with zero attached hydrogens (tertiary/aromatic N) is 1. The summed E-state index contributed by atoms with van der Waals surface area (Å²) >= 11 is 0. The molecule has 0 heterocycles. The molecule has 0 radical (unpaired) electrons. The van der Waals surface area contributed by atoms with Gasteiger partial charge in [-0.25, -0.2) is 8.42 Å². The van der Waals surface area contributed by atoms with Gasteiger partial charge in [0.25, 0.3) is 10.0 Å². The van der Waals surface area contributed by atoms with Crippen molar-refractivity contribution in [3.63, 3.8) is 0 Å². The lowest BCUT2D eigenvalue weighted by atomic mass is 10.2. The molecule has 0 unspecified atom stereocenters. The lowest BCUT2D eigenvalue weighted by Gasteiger charge is -2.25. The van der Waals surface area contributed by atoms with Gasteiger partial charge < -0.3 is 9.47 Å². The Bertz CT molecular complexity index is 1030. The summed E-state index contributed by atoms with van der Waals surface area (Å²) in [7, 11) is -0.628. The van der Waals surface area contributed by atoms with Crippen LogP contribution in [0.3, 0.4) is 0 Å². The Morgan fingerprint density at radius 1 is 0.821 bits per heavy atom. The van der Waals surface area contributed by atoms with Crippen LogP contribution in [-0.2, 0) is 16.6 Å². The molecule has 0 spiro atoms. The normalized spacial score (nSPS) is 11.1. The molecule has 0 aliphatic heterocycles. The first-order valence-corrected chi connectivity index (χ1v) is 10.2. The number of benzene rings is 3. The van der Waals surface area contributed by atoms with Gasteiger partial charge in [0.15, 0.2) is 0 Å². The summed E-state index contributed by atoms with van der Waals surface area (Å²) < 4.78 is 38.9. The minimum atomic E-state index is -3.78. The lowest BCUT2D eigenvalue weighted by Crippen LogP contribution is -2.30. The number of methoxy groups -OCH3 is 2. The smallest absolute Gasteiger partial charge is 0.264 e. The van der Waals surface area contributed by atoms with Crippen molar-refractivity contribution < 1.29 is 17.9 Å². The Balaban J connectivity index is 2.08. The molecule has 28 heavy (non-hydrogen) atoms. The second-order valence-corrected chi connectivity index (χ2v) is 8.20. The van der Waals surface area contributed by atoms with E-state index in [1.165, 1.54) is 4.31 Å². The summed E-state index contributed by atoms with van der Waals surface area (Å²) in [6.45, 7) is 2.07. The zero-order valence-corrected chi connectivity index (χ0v) is 16.9. The zero-order valence-electron chi connectivity index (χ0n) is 16.1. The standard InChI is InChI=1S/C22H23NO4S/c1-17-8-14-21(15-9-17)28(24,25)23(19-10-12-20(26-2)13-11-19)16-18-6-4-5-7-22(18)27-3/h4-15H,16H2,1-3H3.